The lowest BCUT2D eigenvalue weighted by molar-refractivity contribution is 0.0925. The van der Waals surface area contributed by atoms with Crippen molar-refractivity contribution in [2.24, 2.45) is 5.73 Å². The Labute approximate surface area is 212 Å². The van der Waals surface area contributed by atoms with E-state index in [-0.39, 0.29) is 29.2 Å². The largest absolute Gasteiger partial charge is 0.364 e. The number of nitrogens with zero attached hydrogens (tertiary/aromatic N) is 4. The normalized spacial score (nSPS) is 19.7. The number of carbonyl (C=O) groups excluding carboxylic acids is 2. The highest BCUT2D eigenvalue weighted by Crippen LogP contribution is 2.40. The molecule has 1 saturated heterocycles. The fraction of sp³-hybridized carbons (Fsp3) is 0.400. The summed E-state index contributed by atoms with van der Waals surface area (Å²) in [5.41, 5.74) is 7.40. The van der Waals surface area contributed by atoms with Gasteiger partial charge in [0.15, 0.2) is 11.5 Å². The average molecular weight is 510 g/mol. The van der Waals surface area contributed by atoms with E-state index in [0.29, 0.717) is 23.3 Å². The summed E-state index contributed by atoms with van der Waals surface area (Å²) in [6.07, 6.45) is 5.21. The molecule has 2 fully saturated rings. The number of anilines is 3. The molecular weight excluding hydrogens is 481 g/mol. The lowest BCUT2D eigenvalue weighted by Crippen LogP contribution is -2.51. The molecule has 1 aromatic carbocycles. The van der Waals surface area contributed by atoms with Crippen LogP contribution >= 0.6 is 11.5 Å². The highest BCUT2D eigenvalue weighted by atomic mass is 32.1. The minimum Gasteiger partial charge on any atom is -0.364 e. The first kappa shape index (κ1) is 24.1. The minimum absolute atomic E-state index is 0.0319. The van der Waals surface area contributed by atoms with Gasteiger partial charge >= 0.3 is 0 Å². The van der Waals surface area contributed by atoms with Crippen molar-refractivity contribution in [2.45, 2.75) is 57.5 Å². The molecule has 0 radical (unpaired) electrons. The first-order valence-corrected chi connectivity index (χ1v) is 12.8. The van der Waals surface area contributed by atoms with Gasteiger partial charge in [0.25, 0.3) is 11.8 Å². The standard InChI is InChI=1S/C25H28FN7O2S/c1-13-9-21(36-32-13)31-24-22(23(27)34)28-11-20(30-24)33-12-17(7-3-14(33)2)29-25(35)18-8-6-16(10-19(18)26)15-4-5-15/h6,8-11,14-15,17H,3-5,7,12H2,1-2H3,(H2,27,34)(H,29,35)(H,30,31). The van der Waals surface area contributed by atoms with Crippen LogP contribution in [0.25, 0.3) is 0 Å². The van der Waals surface area contributed by atoms with Gasteiger partial charge in [-0.3, -0.25) is 9.59 Å². The topological polar surface area (TPSA) is 126 Å². The molecule has 2 aromatic heterocycles. The van der Waals surface area contributed by atoms with Crippen LogP contribution in [0.15, 0.2) is 30.5 Å². The van der Waals surface area contributed by atoms with Gasteiger partial charge in [-0.25, -0.2) is 14.4 Å². The molecule has 2 aliphatic rings. The SMILES string of the molecule is Cc1cc(Nc2nc(N3CC(NC(=O)c4ccc(C5CC5)cc4F)CCC3C)cnc2C(N)=O)sn1. The molecule has 188 valence electrons. The Kier molecular flexibility index (Phi) is 6.57. The number of benzene rings is 1. The Morgan fingerprint density at radius 3 is 2.67 bits per heavy atom. The zero-order valence-electron chi connectivity index (χ0n) is 20.1. The number of piperidine rings is 1. The highest BCUT2D eigenvalue weighted by Gasteiger charge is 2.30. The van der Waals surface area contributed by atoms with E-state index in [1.165, 1.54) is 23.8 Å². The zero-order chi connectivity index (χ0) is 25.4. The van der Waals surface area contributed by atoms with Gasteiger partial charge in [-0.1, -0.05) is 6.07 Å². The fourth-order valence-corrected chi connectivity index (χ4v) is 5.18. The van der Waals surface area contributed by atoms with Crippen molar-refractivity contribution in [2.75, 3.05) is 16.8 Å². The second-order valence-electron chi connectivity index (χ2n) is 9.51. The zero-order valence-corrected chi connectivity index (χ0v) is 20.9. The number of nitrogens with two attached hydrogens (primary N) is 1. The van der Waals surface area contributed by atoms with Crippen molar-refractivity contribution < 1.29 is 14.0 Å². The Bertz CT molecular complexity index is 1310. The minimum atomic E-state index is -0.690. The number of hydrogen-bond donors (Lipinski definition) is 3. The van der Waals surface area contributed by atoms with Gasteiger partial charge in [-0.05, 0) is 80.7 Å². The molecule has 1 aliphatic carbocycles. The van der Waals surface area contributed by atoms with Gasteiger partial charge in [0.1, 0.15) is 16.6 Å². The van der Waals surface area contributed by atoms with E-state index in [1.54, 1.807) is 6.07 Å². The molecule has 11 heteroatoms. The van der Waals surface area contributed by atoms with Crippen LogP contribution in [0.3, 0.4) is 0 Å². The molecular formula is C25H28FN7O2S. The highest BCUT2D eigenvalue weighted by molar-refractivity contribution is 7.10. The number of rotatable bonds is 7. The summed E-state index contributed by atoms with van der Waals surface area (Å²) in [6.45, 7) is 4.41. The van der Waals surface area contributed by atoms with Gasteiger partial charge < -0.3 is 21.3 Å². The maximum Gasteiger partial charge on any atom is 0.271 e. The number of aryl methyl sites for hydroxylation is 1. The van der Waals surface area contributed by atoms with E-state index < -0.39 is 17.6 Å². The van der Waals surface area contributed by atoms with Gasteiger partial charge in [0, 0.05) is 18.6 Å². The molecule has 5 rings (SSSR count). The summed E-state index contributed by atoms with van der Waals surface area (Å²) in [5, 5.41) is 6.80. The van der Waals surface area contributed by atoms with Crippen LogP contribution in [-0.2, 0) is 0 Å². The van der Waals surface area contributed by atoms with Crippen LogP contribution in [0, 0.1) is 12.7 Å². The van der Waals surface area contributed by atoms with Gasteiger partial charge in [0.05, 0.1) is 17.5 Å². The van der Waals surface area contributed by atoms with Gasteiger partial charge in [0.2, 0.25) is 0 Å². The van der Waals surface area contributed by atoms with Crippen LogP contribution in [0.4, 0.5) is 21.0 Å². The van der Waals surface area contributed by atoms with Crippen molar-refractivity contribution in [1.82, 2.24) is 19.7 Å². The van der Waals surface area contributed by atoms with Crippen LogP contribution in [0.2, 0.25) is 0 Å². The van der Waals surface area contributed by atoms with E-state index in [1.807, 2.05) is 24.0 Å². The number of halogens is 1. The molecule has 0 spiro atoms. The van der Waals surface area contributed by atoms with Crippen LogP contribution < -0.4 is 21.3 Å². The number of primary amides is 1. The lowest BCUT2D eigenvalue weighted by atomic mass is 9.98. The smallest absolute Gasteiger partial charge is 0.271 e. The molecule has 2 atom stereocenters. The van der Waals surface area contributed by atoms with E-state index in [4.69, 9.17) is 5.73 Å². The molecule has 4 N–H and O–H groups in total. The molecule has 36 heavy (non-hydrogen) atoms. The Morgan fingerprint density at radius 2 is 2.00 bits per heavy atom. The van der Waals surface area contributed by atoms with Crippen molar-refractivity contribution in [3.63, 3.8) is 0 Å². The fourth-order valence-electron chi connectivity index (χ4n) is 4.52. The predicted molar refractivity (Wildman–Crippen MR) is 136 cm³/mol. The molecule has 2 amide bonds. The average Bonchev–Trinajstić information content (AvgIpc) is 3.62. The first-order valence-electron chi connectivity index (χ1n) is 12.0. The first-order chi connectivity index (χ1) is 17.3. The van der Waals surface area contributed by atoms with Gasteiger partial charge in [-0.15, -0.1) is 0 Å². The number of hydrogen-bond acceptors (Lipinski definition) is 8. The van der Waals surface area contributed by atoms with Crippen molar-refractivity contribution >= 4 is 40.0 Å². The molecule has 0 bridgehead atoms. The number of nitrogens with one attached hydrogen (secondary N) is 2. The number of carbonyl (C=O) groups is 2. The maximum absolute atomic E-state index is 14.6. The number of amides is 2. The summed E-state index contributed by atoms with van der Waals surface area (Å²) in [7, 11) is 0. The molecule has 3 heterocycles. The lowest BCUT2D eigenvalue weighted by Gasteiger charge is -2.39. The molecule has 2 unspecified atom stereocenters. The second-order valence-corrected chi connectivity index (χ2v) is 10.3. The van der Waals surface area contributed by atoms with E-state index in [2.05, 4.69) is 31.9 Å². The third-order valence-corrected chi connectivity index (χ3v) is 7.46. The summed E-state index contributed by atoms with van der Waals surface area (Å²) in [4.78, 5) is 35.8. The van der Waals surface area contributed by atoms with Crippen molar-refractivity contribution in [3.05, 3.63) is 58.8 Å². The Hall–Kier alpha value is -3.60. The molecule has 3 aromatic rings. The molecule has 1 saturated carbocycles. The Morgan fingerprint density at radius 1 is 1.19 bits per heavy atom. The third kappa shape index (κ3) is 5.15. The van der Waals surface area contributed by atoms with E-state index >= 15 is 0 Å². The van der Waals surface area contributed by atoms with Crippen LogP contribution in [0.5, 0.6) is 0 Å². The molecule has 9 nitrogen and oxygen atoms in total. The van der Waals surface area contributed by atoms with E-state index in [0.717, 1.165) is 36.9 Å². The van der Waals surface area contributed by atoms with Crippen LogP contribution in [0.1, 0.15) is 70.6 Å². The van der Waals surface area contributed by atoms with Crippen molar-refractivity contribution in [3.8, 4) is 0 Å². The maximum atomic E-state index is 14.6. The third-order valence-electron chi connectivity index (χ3n) is 6.66. The van der Waals surface area contributed by atoms with Gasteiger partial charge in [-0.2, -0.15) is 4.37 Å². The monoisotopic (exact) mass is 509 g/mol. The summed E-state index contributed by atoms with van der Waals surface area (Å²) >= 11 is 1.25. The molecule has 1 aliphatic heterocycles. The number of aromatic nitrogens is 3. The van der Waals surface area contributed by atoms with Crippen LogP contribution in [-0.4, -0.2) is 44.8 Å². The quantitative estimate of drug-likeness (QED) is 0.441. The summed E-state index contributed by atoms with van der Waals surface area (Å²) < 4.78 is 18.9. The van der Waals surface area contributed by atoms with Crippen molar-refractivity contribution in [1.29, 1.82) is 0 Å². The van der Waals surface area contributed by atoms with E-state index in [9.17, 15) is 14.0 Å². The second kappa shape index (κ2) is 9.81. The predicted octanol–water partition coefficient (Wildman–Crippen LogP) is 3.89. The summed E-state index contributed by atoms with van der Waals surface area (Å²) in [6, 6.07) is 6.68. The summed E-state index contributed by atoms with van der Waals surface area (Å²) in [5.74, 6) is -0.377. The Balaban J connectivity index is 1.33.